The zero-order chi connectivity index (χ0) is 12.6. The molecule has 0 bridgehead atoms. The van der Waals surface area contributed by atoms with Crippen LogP contribution in [0.3, 0.4) is 0 Å². The molecule has 0 fully saturated rings. The van der Waals surface area contributed by atoms with Gasteiger partial charge in [0.1, 0.15) is 5.75 Å². The zero-order valence-electron chi connectivity index (χ0n) is 10.4. The fraction of sp³-hybridized carbons (Fsp3) is 0.214. The first-order chi connectivity index (χ1) is 8.88. The molecule has 0 unspecified atom stereocenters. The summed E-state index contributed by atoms with van der Waals surface area (Å²) in [5.74, 6) is 0.898. The van der Waals surface area contributed by atoms with Gasteiger partial charge in [0.2, 0.25) is 0 Å². The second-order valence-electron chi connectivity index (χ2n) is 3.89. The van der Waals surface area contributed by atoms with Crippen LogP contribution in [0.1, 0.15) is 5.56 Å². The number of methoxy groups -OCH3 is 1. The van der Waals surface area contributed by atoms with E-state index in [0.29, 0.717) is 0 Å². The van der Waals surface area contributed by atoms with Crippen molar-refractivity contribution in [1.82, 2.24) is 10.4 Å². The molecule has 1 heterocycles. The number of anilines is 1. The van der Waals surface area contributed by atoms with Gasteiger partial charge < -0.3 is 10.2 Å². The number of ether oxygens (including phenoxy) is 1. The lowest BCUT2D eigenvalue weighted by Gasteiger charge is -2.08. The van der Waals surface area contributed by atoms with Crippen molar-refractivity contribution >= 4 is 5.69 Å². The predicted octanol–water partition coefficient (Wildman–Crippen LogP) is 2.25. The molecule has 0 spiro atoms. The molecule has 4 heteroatoms. The topological polar surface area (TPSA) is 46.2 Å². The highest BCUT2D eigenvalue weighted by Gasteiger charge is 1.95. The average molecular weight is 243 g/mol. The first-order valence-electron chi connectivity index (χ1n) is 5.90. The standard InChI is InChI=1S/C14H17N3O/c1-18-14-4-2-3-12(11-14)5-10-16-17-13-6-8-15-9-7-13/h2-4,6-9,11,16H,5,10H2,1H3,(H,15,17). The van der Waals surface area contributed by atoms with Gasteiger partial charge in [0, 0.05) is 18.9 Å². The van der Waals surface area contributed by atoms with E-state index < -0.39 is 0 Å². The summed E-state index contributed by atoms with van der Waals surface area (Å²) < 4.78 is 5.19. The molecule has 2 N–H and O–H groups in total. The van der Waals surface area contributed by atoms with Crippen LogP contribution in [-0.2, 0) is 6.42 Å². The molecule has 0 aliphatic carbocycles. The number of hydrogen-bond donors (Lipinski definition) is 2. The number of pyridine rings is 1. The van der Waals surface area contributed by atoms with Crippen molar-refractivity contribution in [3.8, 4) is 5.75 Å². The molecular formula is C14H17N3O. The Morgan fingerprint density at radius 3 is 2.78 bits per heavy atom. The van der Waals surface area contributed by atoms with Gasteiger partial charge in [-0.3, -0.25) is 4.98 Å². The largest absolute Gasteiger partial charge is 0.497 e. The number of nitrogens with one attached hydrogen (secondary N) is 2. The molecule has 0 radical (unpaired) electrons. The van der Waals surface area contributed by atoms with Crippen LogP contribution in [0, 0.1) is 0 Å². The molecular weight excluding hydrogens is 226 g/mol. The third-order valence-electron chi connectivity index (χ3n) is 2.59. The Morgan fingerprint density at radius 1 is 1.17 bits per heavy atom. The van der Waals surface area contributed by atoms with E-state index in [1.54, 1.807) is 19.5 Å². The normalized spacial score (nSPS) is 10.1. The minimum atomic E-state index is 0.843. The number of nitrogens with zero attached hydrogens (tertiary/aromatic N) is 1. The second-order valence-corrected chi connectivity index (χ2v) is 3.89. The Hall–Kier alpha value is -2.07. The third kappa shape index (κ3) is 3.75. The molecule has 0 aliphatic rings. The smallest absolute Gasteiger partial charge is 0.119 e. The van der Waals surface area contributed by atoms with Gasteiger partial charge in [-0.2, -0.15) is 0 Å². The zero-order valence-corrected chi connectivity index (χ0v) is 10.4. The molecule has 0 saturated carbocycles. The van der Waals surface area contributed by atoms with E-state index >= 15 is 0 Å². The van der Waals surface area contributed by atoms with Crippen LogP contribution >= 0.6 is 0 Å². The molecule has 4 nitrogen and oxygen atoms in total. The molecule has 94 valence electrons. The van der Waals surface area contributed by atoms with E-state index in [2.05, 4.69) is 21.9 Å². The lowest BCUT2D eigenvalue weighted by molar-refractivity contribution is 0.414. The summed E-state index contributed by atoms with van der Waals surface area (Å²) in [6.45, 7) is 0.843. The van der Waals surface area contributed by atoms with Gasteiger partial charge in [0.05, 0.1) is 12.8 Å². The fourth-order valence-corrected chi connectivity index (χ4v) is 1.63. The van der Waals surface area contributed by atoms with Gasteiger partial charge >= 0.3 is 0 Å². The number of hydrogen-bond acceptors (Lipinski definition) is 4. The van der Waals surface area contributed by atoms with Crippen LogP contribution in [0.5, 0.6) is 5.75 Å². The van der Waals surface area contributed by atoms with Crippen LogP contribution in [-0.4, -0.2) is 18.6 Å². The Balaban J connectivity index is 1.75. The summed E-state index contributed by atoms with van der Waals surface area (Å²) in [7, 11) is 1.68. The minimum absolute atomic E-state index is 0.843. The molecule has 0 saturated heterocycles. The quantitative estimate of drug-likeness (QED) is 0.603. The Kier molecular flexibility index (Phi) is 4.55. The molecule has 18 heavy (non-hydrogen) atoms. The highest BCUT2D eigenvalue weighted by Crippen LogP contribution is 2.12. The van der Waals surface area contributed by atoms with E-state index in [1.165, 1.54) is 5.56 Å². The molecule has 1 aromatic carbocycles. The number of hydrazine groups is 1. The van der Waals surface area contributed by atoms with Crippen LogP contribution < -0.4 is 15.6 Å². The molecule has 0 amide bonds. The maximum Gasteiger partial charge on any atom is 0.119 e. The predicted molar refractivity (Wildman–Crippen MR) is 72.6 cm³/mol. The Labute approximate surface area is 107 Å². The molecule has 0 aliphatic heterocycles. The van der Waals surface area contributed by atoms with Crippen molar-refractivity contribution in [3.63, 3.8) is 0 Å². The van der Waals surface area contributed by atoms with Crippen molar-refractivity contribution in [1.29, 1.82) is 0 Å². The second kappa shape index (κ2) is 6.61. The molecule has 2 aromatic rings. The summed E-state index contributed by atoms with van der Waals surface area (Å²) in [4.78, 5) is 3.96. The van der Waals surface area contributed by atoms with Gasteiger partial charge in [0.25, 0.3) is 0 Å². The highest BCUT2D eigenvalue weighted by molar-refractivity contribution is 5.39. The summed E-state index contributed by atoms with van der Waals surface area (Å²) >= 11 is 0. The van der Waals surface area contributed by atoms with E-state index in [9.17, 15) is 0 Å². The van der Waals surface area contributed by atoms with Crippen molar-refractivity contribution in [2.24, 2.45) is 0 Å². The summed E-state index contributed by atoms with van der Waals surface area (Å²) in [6, 6.07) is 11.9. The highest BCUT2D eigenvalue weighted by atomic mass is 16.5. The van der Waals surface area contributed by atoms with Crippen molar-refractivity contribution in [2.45, 2.75) is 6.42 Å². The lowest BCUT2D eigenvalue weighted by Crippen LogP contribution is -2.24. The summed E-state index contributed by atoms with van der Waals surface area (Å²) in [6.07, 6.45) is 4.45. The summed E-state index contributed by atoms with van der Waals surface area (Å²) in [5.41, 5.74) is 8.55. The monoisotopic (exact) mass is 243 g/mol. The van der Waals surface area contributed by atoms with E-state index in [4.69, 9.17) is 4.74 Å². The Bertz CT molecular complexity index is 473. The number of rotatable bonds is 6. The first kappa shape index (κ1) is 12.4. The Morgan fingerprint density at radius 2 is 2.00 bits per heavy atom. The molecule has 2 rings (SSSR count). The van der Waals surface area contributed by atoms with Gasteiger partial charge in [0.15, 0.2) is 0 Å². The van der Waals surface area contributed by atoms with Crippen LogP contribution in [0.2, 0.25) is 0 Å². The first-order valence-corrected chi connectivity index (χ1v) is 5.90. The van der Waals surface area contributed by atoms with Gasteiger partial charge in [-0.25, -0.2) is 5.43 Å². The lowest BCUT2D eigenvalue weighted by atomic mass is 10.1. The maximum atomic E-state index is 5.19. The fourth-order valence-electron chi connectivity index (χ4n) is 1.63. The average Bonchev–Trinajstić information content (AvgIpc) is 2.45. The van der Waals surface area contributed by atoms with Gasteiger partial charge in [-0.05, 0) is 36.2 Å². The van der Waals surface area contributed by atoms with Crippen LogP contribution in [0.15, 0.2) is 48.8 Å². The van der Waals surface area contributed by atoms with Crippen molar-refractivity contribution in [2.75, 3.05) is 19.1 Å². The third-order valence-corrected chi connectivity index (χ3v) is 2.59. The number of benzene rings is 1. The number of aromatic nitrogens is 1. The molecule has 0 atom stereocenters. The maximum absolute atomic E-state index is 5.19. The van der Waals surface area contributed by atoms with Crippen LogP contribution in [0.25, 0.3) is 0 Å². The van der Waals surface area contributed by atoms with Crippen LogP contribution in [0.4, 0.5) is 5.69 Å². The SMILES string of the molecule is COc1cccc(CCNNc2ccncc2)c1. The molecule has 1 aromatic heterocycles. The van der Waals surface area contributed by atoms with E-state index in [1.807, 2.05) is 30.3 Å². The minimum Gasteiger partial charge on any atom is -0.497 e. The van der Waals surface area contributed by atoms with Gasteiger partial charge in [-0.1, -0.05) is 12.1 Å². The van der Waals surface area contributed by atoms with Gasteiger partial charge in [-0.15, -0.1) is 0 Å². The van der Waals surface area contributed by atoms with Crippen molar-refractivity contribution in [3.05, 3.63) is 54.4 Å². The summed E-state index contributed by atoms with van der Waals surface area (Å²) in [5, 5.41) is 0. The van der Waals surface area contributed by atoms with Crippen molar-refractivity contribution < 1.29 is 4.74 Å². The van der Waals surface area contributed by atoms with E-state index in [0.717, 1.165) is 24.4 Å². The van der Waals surface area contributed by atoms with E-state index in [-0.39, 0.29) is 0 Å².